The van der Waals surface area contributed by atoms with Crippen molar-refractivity contribution in [3.8, 4) is 12.3 Å². The largest absolute Gasteiger partial charge is 0.382 e. The van der Waals surface area contributed by atoms with Gasteiger partial charge in [0.15, 0.2) is 11.5 Å². The first kappa shape index (κ1) is 36.4. The van der Waals surface area contributed by atoms with Crippen molar-refractivity contribution in [2.45, 2.75) is 109 Å². The van der Waals surface area contributed by atoms with Gasteiger partial charge in [-0.1, -0.05) is 64.2 Å². The predicted octanol–water partition coefficient (Wildman–Crippen LogP) is 7.90. The number of quaternary nitrogens is 1. The molecule has 0 spiro atoms. The SMILES string of the molecule is C#CCCCCCCCCCCCCCCSCCCOP(C)(=O)CO[C@H](C)Cn1cnc2c(N)ncnc21.[NH4+]. The normalized spacial score (nSPS) is 13.5. The summed E-state index contributed by atoms with van der Waals surface area (Å²) in [5.41, 5.74) is 7.08. The number of fused-ring (bicyclic) bond motifs is 1. The van der Waals surface area contributed by atoms with Gasteiger partial charge in [0.2, 0.25) is 7.37 Å². The summed E-state index contributed by atoms with van der Waals surface area (Å²) in [5.74, 6) is 5.31. The van der Waals surface area contributed by atoms with Gasteiger partial charge in [-0.2, -0.15) is 11.8 Å². The Kier molecular flexibility index (Phi) is 20.0. The molecule has 0 aliphatic carbocycles. The number of hydrogen-bond donors (Lipinski definition) is 2. The minimum Gasteiger partial charge on any atom is -0.382 e. The molecule has 9 nitrogen and oxygen atoms in total. The Morgan fingerprint density at radius 1 is 0.975 bits per heavy atom. The Labute approximate surface area is 246 Å². The third kappa shape index (κ3) is 16.0. The monoisotopic (exact) mass is 597 g/mol. The van der Waals surface area contributed by atoms with E-state index >= 15 is 0 Å². The first-order valence-corrected chi connectivity index (χ1v) is 18.1. The van der Waals surface area contributed by atoms with E-state index in [1.165, 1.54) is 89.1 Å². The van der Waals surface area contributed by atoms with Gasteiger partial charge in [-0.05, 0) is 37.7 Å². The lowest BCUT2D eigenvalue weighted by atomic mass is 10.0. The van der Waals surface area contributed by atoms with E-state index in [-0.39, 0.29) is 18.6 Å². The van der Waals surface area contributed by atoms with Gasteiger partial charge in [-0.3, -0.25) is 4.57 Å². The van der Waals surface area contributed by atoms with E-state index in [1.54, 1.807) is 13.0 Å². The van der Waals surface area contributed by atoms with Crippen LogP contribution in [0.5, 0.6) is 0 Å². The molecule has 0 aromatic carbocycles. The van der Waals surface area contributed by atoms with Crippen LogP contribution in [-0.2, 0) is 20.4 Å². The van der Waals surface area contributed by atoms with E-state index in [9.17, 15) is 4.57 Å². The van der Waals surface area contributed by atoms with Crippen molar-refractivity contribution in [3.63, 3.8) is 0 Å². The summed E-state index contributed by atoms with van der Waals surface area (Å²) in [6, 6.07) is 0. The molecule has 0 saturated carbocycles. The van der Waals surface area contributed by atoms with Gasteiger partial charge < -0.3 is 25.7 Å². The van der Waals surface area contributed by atoms with Gasteiger partial charge in [-0.15, -0.1) is 12.3 Å². The number of nitrogens with zero attached hydrogens (tertiary/aromatic N) is 4. The molecular weight excluding hydrogens is 543 g/mol. The smallest absolute Gasteiger partial charge is 0.225 e. The lowest BCUT2D eigenvalue weighted by molar-refractivity contribution is 0.0801. The number of rotatable bonds is 24. The number of nitrogens with two attached hydrogens (primary N) is 1. The van der Waals surface area contributed by atoms with Gasteiger partial charge >= 0.3 is 0 Å². The summed E-state index contributed by atoms with van der Waals surface area (Å²) in [5, 5.41) is 0. The fourth-order valence-corrected chi connectivity index (χ4v) is 6.43. The molecule has 0 radical (unpaired) electrons. The molecule has 2 rings (SSSR count). The Balaban J connectivity index is 0.00000800. The van der Waals surface area contributed by atoms with E-state index in [0.29, 0.717) is 30.1 Å². The number of thioether (sulfide) groups is 1. The van der Waals surface area contributed by atoms with Crippen LogP contribution in [-0.4, -0.2) is 56.7 Å². The first-order valence-electron chi connectivity index (χ1n) is 14.7. The molecule has 0 fully saturated rings. The maximum atomic E-state index is 12.7. The molecule has 2 heterocycles. The number of unbranched alkanes of at least 4 members (excludes halogenated alkanes) is 12. The van der Waals surface area contributed by atoms with Gasteiger partial charge in [0, 0.05) is 13.1 Å². The van der Waals surface area contributed by atoms with Crippen LogP contribution in [0, 0.1) is 12.3 Å². The Morgan fingerprint density at radius 2 is 1.57 bits per heavy atom. The van der Waals surface area contributed by atoms with E-state index in [2.05, 4.69) is 20.9 Å². The number of anilines is 1. The number of ether oxygens (including phenoxy) is 1. The van der Waals surface area contributed by atoms with Crippen molar-refractivity contribution in [1.29, 1.82) is 0 Å². The molecule has 2 aromatic heterocycles. The maximum absolute atomic E-state index is 12.7. The molecule has 228 valence electrons. The van der Waals surface area contributed by atoms with Crippen molar-refractivity contribution >= 4 is 36.1 Å². The number of nitrogen functional groups attached to an aromatic ring is 1. The summed E-state index contributed by atoms with van der Waals surface area (Å²) in [6.45, 7) is 4.61. The lowest BCUT2D eigenvalue weighted by Gasteiger charge is -2.18. The second kappa shape index (κ2) is 22.0. The van der Waals surface area contributed by atoms with E-state index < -0.39 is 7.37 Å². The van der Waals surface area contributed by atoms with Crippen molar-refractivity contribution in [2.24, 2.45) is 0 Å². The van der Waals surface area contributed by atoms with Gasteiger partial charge in [0.05, 0.1) is 25.6 Å². The standard InChI is InChI=1S/C29H50N5O3PS.H3N/c1-4-5-6-7-8-9-10-11-12-13-14-15-16-17-20-39-21-18-19-37-38(3,35)25-36-26(2)22-34-24-33-27-28(30)31-23-32-29(27)34;/h1,23-24,26H,5-22,25H2,2-3H3,(H2,30,31,32);1H3/p+1/t26-,38?;/m1./s1. The molecule has 2 atom stereocenters. The van der Waals surface area contributed by atoms with Crippen molar-refractivity contribution in [2.75, 3.05) is 36.9 Å². The molecule has 0 bridgehead atoms. The van der Waals surface area contributed by atoms with Crippen LogP contribution >= 0.6 is 19.1 Å². The second-order valence-corrected chi connectivity index (χ2v) is 14.2. The maximum Gasteiger partial charge on any atom is 0.225 e. The summed E-state index contributed by atoms with van der Waals surface area (Å²) in [6.07, 6.45) is 26.2. The number of aromatic nitrogens is 4. The zero-order chi connectivity index (χ0) is 28.2. The summed E-state index contributed by atoms with van der Waals surface area (Å²) in [7, 11) is -2.79. The molecule has 11 heteroatoms. The van der Waals surface area contributed by atoms with Crippen molar-refractivity contribution < 1.29 is 13.8 Å². The minimum atomic E-state index is -2.79. The molecule has 0 saturated heterocycles. The molecule has 40 heavy (non-hydrogen) atoms. The molecular formula is C29H54N6O3PS+. The van der Waals surface area contributed by atoms with Crippen LogP contribution in [0.25, 0.3) is 11.2 Å². The molecule has 0 aliphatic rings. The topological polar surface area (TPSA) is 142 Å². The minimum absolute atomic E-state index is 0. The van der Waals surface area contributed by atoms with Crippen LogP contribution in [0.2, 0.25) is 0 Å². The first-order chi connectivity index (χ1) is 18.9. The predicted molar refractivity (Wildman–Crippen MR) is 171 cm³/mol. The van der Waals surface area contributed by atoms with Crippen LogP contribution in [0.3, 0.4) is 0 Å². The highest BCUT2D eigenvalue weighted by Crippen LogP contribution is 2.42. The fraction of sp³-hybridized carbons (Fsp3) is 0.759. The molecule has 1 unspecified atom stereocenters. The van der Waals surface area contributed by atoms with Gasteiger partial charge in [0.25, 0.3) is 0 Å². The average molecular weight is 598 g/mol. The van der Waals surface area contributed by atoms with E-state index in [4.69, 9.17) is 21.4 Å². The highest BCUT2D eigenvalue weighted by molar-refractivity contribution is 7.99. The molecule has 0 aliphatic heterocycles. The average Bonchev–Trinajstić information content (AvgIpc) is 3.32. The summed E-state index contributed by atoms with van der Waals surface area (Å²) < 4.78 is 26.1. The highest BCUT2D eigenvalue weighted by atomic mass is 32.2. The highest BCUT2D eigenvalue weighted by Gasteiger charge is 2.19. The van der Waals surface area contributed by atoms with E-state index in [0.717, 1.165) is 18.6 Å². The lowest BCUT2D eigenvalue weighted by Crippen LogP contribution is -2.17. The van der Waals surface area contributed by atoms with Crippen molar-refractivity contribution in [1.82, 2.24) is 25.7 Å². The summed E-state index contributed by atoms with van der Waals surface area (Å²) in [4.78, 5) is 12.5. The number of terminal acetylenes is 1. The zero-order valence-electron chi connectivity index (χ0n) is 25.2. The fourth-order valence-electron chi connectivity index (χ4n) is 4.38. The molecule has 2 aromatic rings. The van der Waals surface area contributed by atoms with Gasteiger partial charge in [-0.25, -0.2) is 15.0 Å². The van der Waals surface area contributed by atoms with E-state index in [1.807, 2.05) is 23.3 Å². The summed E-state index contributed by atoms with van der Waals surface area (Å²) >= 11 is 1.97. The van der Waals surface area contributed by atoms with Crippen molar-refractivity contribution in [3.05, 3.63) is 12.7 Å². The second-order valence-electron chi connectivity index (χ2n) is 10.4. The zero-order valence-corrected chi connectivity index (χ0v) is 26.9. The Bertz CT molecular complexity index is 1020. The van der Waals surface area contributed by atoms with Crippen LogP contribution in [0.1, 0.15) is 96.8 Å². The van der Waals surface area contributed by atoms with Crippen LogP contribution in [0.4, 0.5) is 5.82 Å². The molecule has 6 N–H and O–H groups in total. The number of imidazole rings is 1. The van der Waals surface area contributed by atoms with Crippen LogP contribution in [0.15, 0.2) is 12.7 Å². The Hall–Kier alpha value is -1.63. The van der Waals surface area contributed by atoms with Gasteiger partial charge in [0.1, 0.15) is 18.2 Å². The number of hydrogen-bond acceptors (Lipinski definition) is 8. The third-order valence-corrected chi connectivity index (χ3v) is 9.14. The quantitative estimate of drug-likeness (QED) is 0.0706. The molecule has 0 amide bonds. The third-order valence-electron chi connectivity index (χ3n) is 6.63. The Morgan fingerprint density at radius 3 is 2.23 bits per heavy atom. The van der Waals surface area contributed by atoms with Crippen LogP contribution < -0.4 is 11.9 Å².